The van der Waals surface area contributed by atoms with Crippen LogP contribution in [0.4, 0.5) is 8.78 Å². The SMILES string of the molecule is O=S(CCC=C(F)F)c1cncs1. The smallest absolute Gasteiger partial charge is 0.253 e. The molecule has 0 aromatic carbocycles. The highest BCUT2D eigenvalue weighted by molar-refractivity contribution is 7.87. The van der Waals surface area contributed by atoms with Crippen LogP contribution in [0.1, 0.15) is 6.42 Å². The van der Waals surface area contributed by atoms with E-state index in [1.54, 1.807) is 5.51 Å². The van der Waals surface area contributed by atoms with Crippen LogP contribution in [0.15, 0.2) is 28.1 Å². The van der Waals surface area contributed by atoms with Crippen LogP contribution < -0.4 is 0 Å². The molecule has 1 heterocycles. The van der Waals surface area contributed by atoms with Gasteiger partial charge in [0.25, 0.3) is 6.08 Å². The highest BCUT2D eigenvalue weighted by Gasteiger charge is 2.04. The fourth-order valence-corrected chi connectivity index (χ4v) is 2.56. The fraction of sp³-hybridized carbons (Fsp3) is 0.286. The van der Waals surface area contributed by atoms with Crippen LogP contribution >= 0.6 is 11.3 Å². The summed E-state index contributed by atoms with van der Waals surface area (Å²) in [5.74, 6) is 0.222. The fourth-order valence-electron chi connectivity index (χ4n) is 0.692. The molecule has 0 aliphatic heterocycles. The van der Waals surface area contributed by atoms with Gasteiger partial charge in [-0.25, -0.2) is 0 Å². The molecular formula is C7H7F2NOS2. The van der Waals surface area contributed by atoms with Crippen molar-refractivity contribution in [2.75, 3.05) is 5.75 Å². The molecule has 0 saturated carbocycles. The molecule has 1 rings (SSSR count). The minimum atomic E-state index is -1.72. The molecule has 0 radical (unpaired) electrons. The van der Waals surface area contributed by atoms with Gasteiger partial charge in [0.15, 0.2) is 0 Å². The molecule has 0 aliphatic carbocycles. The summed E-state index contributed by atoms with van der Waals surface area (Å²) >= 11 is 1.27. The Morgan fingerprint density at radius 2 is 2.46 bits per heavy atom. The minimum absolute atomic E-state index is 0.132. The van der Waals surface area contributed by atoms with Crippen LogP contribution in [0.3, 0.4) is 0 Å². The van der Waals surface area contributed by atoms with Crippen LogP contribution in [0.25, 0.3) is 0 Å². The largest absolute Gasteiger partial charge is 0.266 e. The number of nitrogens with zero attached hydrogens (tertiary/aromatic N) is 1. The molecule has 0 fully saturated rings. The van der Waals surface area contributed by atoms with Gasteiger partial charge >= 0.3 is 0 Å². The van der Waals surface area contributed by atoms with Crippen molar-refractivity contribution in [2.45, 2.75) is 10.6 Å². The van der Waals surface area contributed by atoms with Crippen LogP contribution in [-0.2, 0) is 10.8 Å². The Labute approximate surface area is 80.8 Å². The normalized spacial score (nSPS) is 12.5. The Morgan fingerprint density at radius 3 is 3.00 bits per heavy atom. The molecule has 1 atom stereocenters. The lowest BCUT2D eigenvalue weighted by Crippen LogP contribution is -1.94. The maximum Gasteiger partial charge on any atom is 0.266 e. The Hall–Kier alpha value is -0.620. The minimum Gasteiger partial charge on any atom is -0.253 e. The third-order valence-corrected chi connectivity index (χ3v) is 3.81. The van der Waals surface area contributed by atoms with Crippen molar-refractivity contribution >= 4 is 22.1 Å². The third-order valence-electron chi connectivity index (χ3n) is 1.24. The first-order valence-electron chi connectivity index (χ1n) is 3.48. The van der Waals surface area contributed by atoms with Crippen molar-refractivity contribution in [3.8, 4) is 0 Å². The molecular weight excluding hydrogens is 216 g/mol. The van der Waals surface area contributed by atoms with Crippen molar-refractivity contribution in [1.82, 2.24) is 4.98 Å². The third kappa shape index (κ3) is 3.73. The molecule has 1 aromatic heterocycles. The Bertz CT molecular complexity index is 306. The number of hydrogen-bond acceptors (Lipinski definition) is 3. The predicted octanol–water partition coefficient (Wildman–Crippen LogP) is 2.42. The molecule has 0 amide bonds. The Balaban J connectivity index is 2.39. The summed E-state index contributed by atoms with van der Waals surface area (Å²) in [4.78, 5) is 3.75. The average molecular weight is 223 g/mol. The second-order valence-electron chi connectivity index (χ2n) is 2.15. The molecule has 0 aliphatic rings. The summed E-state index contributed by atoms with van der Waals surface area (Å²) in [6.45, 7) is 0. The quantitative estimate of drug-likeness (QED) is 0.784. The average Bonchev–Trinajstić information content (AvgIpc) is 2.55. The second-order valence-corrected chi connectivity index (χ2v) is 4.84. The van der Waals surface area contributed by atoms with Gasteiger partial charge in [-0.05, 0) is 12.5 Å². The topological polar surface area (TPSA) is 30.0 Å². The zero-order valence-electron chi connectivity index (χ0n) is 6.57. The van der Waals surface area contributed by atoms with Crippen LogP contribution in [-0.4, -0.2) is 14.9 Å². The molecule has 0 bridgehead atoms. The molecule has 1 unspecified atom stereocenters. The number of allylic oxidation sites excluding steroid dienone is 1. The van der Waals surface area contributed by atoms with Crippen LogP contribution in [0, 0.1) is 0 Å². The maximum absolute atomic E-state index is 11.6. The molecule has 13 heavy (non-hydrogen) atoms. The molecule has 2 nitrogen and oxygen atoms in total. The second kappa shape index (κ2) is 5.18. The zero-order valence-corrected chi connectivity index (χ0v) is 8.21. The number of aromatic nitrogens is 1. The van der Waals surface area contributed by atoms with Gasteiger partial charge in [0.2, 0.25) is 0 Å². The van der Waals surface area contributed by atoms with Crippen molar-refractivity contribution < 1.29 is 13.0 Å². The standard InChI is InChI=1S/C7H7F2NOS2/c8-6(9)2-1-3-13(11)7-4-10-5-12-7/h2,4-5H,1,3H2. The summed E-state index contributed by atoms with van der Waals surface area (Å²) < 4.78 is 35.1. The van der Waals surface area contributed by atoms with Crippen molar-refractivity contribution in [3.63, 3.8) is 0 Å². The lowest BCUT2D eigenvalue weighted by Gasteiger charge is -1.93. The van der Waals surface area contributed by atoms with Crippen LogP contribution in [0.5, 0.6) is 0 Å². The summed E-state index contributed by atoms with van der Waals surface area (Å²) in [6.07, 6.45) is 0.684. The Morgan fingerprint density at radius 1 is 1.69 bits per heavy atom. The van der Waals surface area contributed by atoms with Gasteiger partial charge in [-0.2, -0.15) is 8.78 Å². The number of hydrogen-bond donors (Lipinski definition) is 0. The van der Waals surface area contributed by atoms with E-state index in [1.165, 1.54) is 17.5 Å². The monoisotopic (exact) mass is 223 g/mol. The molecule has 1 aromatic rings. The van der Waals surface area contributed by atoms with Crippen molar-refractivity contribution in [1.29, 1.82) is 0 Å². The lowest BCUT2D eigenvalue weighted by atomic mass is 10.5. The summed E-state index contributed by atoms with van der Waals surface area (Å²) in [7, 11) is -1.19. The van der Waals surface area contributed by atoms with Gasteiger partial charge in [-0.3, -0.25) is 9.19 Å². The zero-order chi connectivity index (χ0) is 9.68. The van der Waals surface area contributed by atoms with Gasteiger partial charge in [0, 0.05) is 5.75 Å². The number of halogens is 2. The highest BCUT2D eigenvalue weighted by Crippen LogP contribution is 2.12. The molecule has 6 heteroatoms. The number of thiazole rings is 1. The van der Waals surface area contributed by atoms with Gasteiger partial charge in [0.1, 0.15) is 4.21 Å². The van der Waals surface area contributed by atoms with Crippen molar-refractivity contribution in [2.24, 2.45) is 0 Å². The van der Waals surface area contributed by atoms with Crippen LogP contribution in [0.2, 0.25) is 0 Å². The first-order chi connectivity index (χ1) is 6.20. The van der Waals surface area contributed by atoms with Crippen molar-refractivity contribution in [3.05, 3.63) is 23.9 Å². The van der Waals surface area contributed by atoms with E-state index in [2.05, 4.69) is 4.98 Å². The lowest BCUT2D eigenvalue weighted by molar-refractivity contribution is 0.418. The Kier molecular flexibility index (Phi) is 4.17. The van der Waals surface area contributed by atoms with Gasteiger partial charge < -0.3 is 0 Å². The van der Waals surface area contributed by atoms with E-state index in [0.29, 0.717) is 4.21 Å². The van der Waals surface area contributed by atoms with E-state index in [-0.39, 0.29) is 12.2 Å². The summed E-state index contributed by atoms with van der Waals surface area (Å²) in [6, 6.07) is 0. The van der Waals surface area contributed by atoms with E-state index in [1.807, 2.05) is 0 Å². The molecule has 0 N–H and O–H groups in total. The maximum atomic E-state index is 11.6. The van der Waals surface area contributed by atoms with Gasteiger partial charge in [-0.1, -0.05) is 0 Å². The first-order valence-corrected chi connectivity index (χ1v) is 5.68. The molecule has 0 spiro atoms. The predicted molar refractivity (Wildman–Crippen MR) is 48.3 cm³/mol. The van der Waals surface area contributed by atoms with Gasteiger partial charge in [0.05, 0.1) is 22.5 Å². The van der Waals surface area contributed by atoms with E-state index in [9.17, 15) is 13.0 Å². The molecule has 72 valence electrons. The first kappa shape index (κ1) is 10.5. The van der Waals surface area contributed by atoms with E-state index in [0.717, 1.165) is 6.08 Å². The molecule has 0 saturated heterocycles. The highest BCUT2D eigenvalue weighted by atomic mass is 32.2. The van der Waals surface area contributed by atoms with Gasteiger partial charge in [-0.15, -0.1) is 11.3 Å². The van der Waals surface area contributed by atoms with E-state index < -0.39 is 16.9 Å². The van der Waals surface area contributed by atoms with E-state index >= 15 is 0 Å². The summed E-state index contributed by atoms with van der Waals surface area (Å²) in [5.41, 5.74) is 1.57. The van der Waals surface area contributed by atoms with E-state index in [4.69, 9.17) is 0 Å². The summed E-state index contributed by atoms with van der Waals surface area (Å²) in [5, 5.41) is 0. The number of rotatable bonds is 4.